The lowest BCUT2D eigenvalue weighted by atomic mass is 10.0. The second-order valence-corrected chi connectivity index (χ2v) is 17.4. The van der Waals surface area contributed by atoms with Crippen molar-refractivity contribution in [1.29, 1.82) is 0 Å². The van der Waals surface area contributed by atoms with E-state index < -0.39 is 0 Å². The molecule has 64 heavy (non-hydrogen) atoms. The van der Waals surface area contributed by atoms with Crippen LogP contribution in [0, 0.1) is 0 Å². The van der Waals surface area contributed by atoms with E-state index in [1.807, 2.05) is 18.2 Å². The largest absolute Gasteiger partial charge is 0.308 e. The molecule has 0 atom stereocenters. The standard InChI is InChI=1S/C57H34N6S/c1-3-18-35(19-4-1)55-58-56(43-28-17-27-40-39-24-11-16-33-50(39)64-54(40)43)60-57(59-55)63-47-32-15-10-26-42(47)52-49(63)34-48(62-44-29-12-7-22-37(44)38-23-8-13-30-45(38)62)51-41-25-9-14-31-46(41)61(53(51)52)36-20-5-2-6-21-36/h1-34H. The molecule has 5 heterocycles. The number of benzene rings is 9. The molecule has 0 saturated carbocycles. The fourth-order valence-corrected chi connectivity index (χ4v) is 11.4. The summed E-state index contributed by atoms with van der Waals surface area (Å²) in [5, 5.41) is 9.47. The molecular formula is C57H34N6S. The predicted octanol–water partition coefficient (Wildman–Crippen LogP) is 14.9. The Morgan fingerprint density at radius 3 is 1.59 bits per heavy atom. The van der Waals surface area contributed by atoms with E-state index in [1.54, 1.807) is 11.3 Å². The van der Waals surface area contributed by atoms with Crippen LogP contribution in [0.2, 0.25) is 0 Å². The van der Waals surface area contributed by atoms with Crippen molar-refractivity contribution >= 4 is 96.9 Å². The number of para-hydroxylation sites is 5. The van der Waals surface area contributed by atoms with E-state index in [0.717, 1.165) is 71.1 Å². The minimum Gasteiger partial charge on any atom is -0.308 e. The van der Waals surface area contributed by atoms with Crippen LogP contribution in [0.3, 0.4) is 0 Å². The summed E-state index contributed by atoms with van der Waals surface area (Å²) in [4.78, 5) is 16.2. The molecule has 298 valence electrons. The summed E-state index contributed by atoms with van der Waals surface area (Å²) in [6.07, 6.45) is 0. The Hall–Kier alpha value is -8.39. The Morgan fingerprint density at radius 1 is 0.359 bits per heavy atom. The third kappa shape index (κ3) is 4.98. The van der Waals surface area contributed by atoms with Crippen LogP contribution >= 0.6 is 11.3 Å². The molecule has 0 aliphatic carbocycles. The van der Waals surface area contributed by atoms with Gasteiger partial charge in [-0.15, -0.1) is 11.3 Å². The molecule has 0 N–H and O–H groups in total. The number of hydrogen-bond acceptors (Lipinski definition) is 4. The van der Waals surface area contributed by atoms with Crippen LogP contribution in [0.15, 0.2) is 206 Å². The Bertz CT molecular complexity index is 4140. The predicted molar refractivity (Wildman–Crippen MR) is 267 cm³/mol. The molecular weight excluding hydrogens is 801 g/mol. The SMILES string of the molecule is c1ccc(-c2nc(-c3cccc4c3sc3ccccc34)nc(-n3c4ccccc4c4c3cc(-n3c5ccccc5c5ccccc53)c3c5ccccc5n(-c5ccccc5)c34)n2)cc1. The molecule has 0 radical (unpaired) electrons. The number of rotatable bonds is 5. The average Bonchev–Trinajstić information content (AvgIpc) is 4.11. The molecule has 5 aromatic heterocycles. The van der Waals surface area contributed by atoms with Crippen molar-refractivity contribution in [3.63, 3.8) is 0 Å². The monoisotopic (exact) mass is 834 g/mol. The Kier molecular flexibility index (Phi) is 7.46. The Morgan fingerprint density at radius 2 is 0.891 bits per heavy atom. The highest BCUT2D eigenvalue weighted by Gasteiger charge is 2.27. The first-order valence-electron chi connectivity index (χ1n) is 21.5. The fraction of sp³-hybridized carbons (Fsp3) is 0. The number of fused-ring (bicyclic) bond motifs is 13. The molecule has 0 saturated heterocycles. The third-order valence-corrected chi connectivity index (χ3v) is 14.1. The molecule has 9 aromatic carbocycles. The second-order valence-electron chi connectivity index (χ2n) is 16.4. The highest BCUT2D eigenvalue weighted by atomic mass is 32.1. The molecule has 0 spiro atoms. The van der Waals surface area contributed by atoms with Gasteiger partial charge in [0.25, 0.3) is 0 Å². The van der Waals surface area contributed by atoms with Gasteiger partial charge in [0.15, 0.2) is 11.6 Å². The number of nitrogens with zero attached hydrogens (tertiary/aromatic N) is 6. The molecule has 7 heteroatoms. The van der Waals surface area contributed by atoms with E-state index >= 15 is 0 Å². The molecule has 6 nitrogen and oxygen atoms in total. The van der Waals surface area contributed by atoms with Gasteiger partial charge in [0.1, 0.15) is 0 Å². The molecule has 14 rings (SSSR count). The lowest BCUT2D eigenvalue weighted by molar-refractivity contribution is 0.954. The first-order valence-corrected chi connectivity index (χ1v) is 22.4. The lowest BCUT2D eigenvalue weighted by Gasteiger charge is -2.15. The quantitative estimate of drug-likeness (QED) is 0.174. The van der Waals surface area contributed by atoms with Gasteiger partial charge in [-0.2, -0.15) is 9.97 Å². The summed E-state index contributed by atoms with van der Waals surface area (Å²) < 4.78 is 9.59. The Balaban J connectivity index is 1.18. The minimum absolute atomic E-state index is 0.558. The van der Waals surface area contributed by atoms with E-state index in [1.165, 1.54) is 37.0 Å². The average molecular weight is 835 g/mol. The van der Waals surface area contributed by atoms with Gasteiger partial charge >= 0.3 is 0 Å². The maximum Gasteiger partial charge on any atom is 0.238 e. The van der Waals surface area contributed by atoms with Crippen LogP contribution < -0.4 is 0 Å². The Labute approximate surface area is 370 Å². The van der Waals surface area contributed by atoms with Crippen LogP contribution in [0.4, 0.5) is 0 Å². The fourth-order valence-electron chi connectivity index (χ4n) is 10.2. The van der Waals surface area contributed by atoms with E-state index in [9.17, 15) is 0 Å². The smallest absolute Gasteiger partial charge is 0.238 e. The molecule has 0 bridgehead atoms. The zero-order chi connectivity index (χ0) is 41.9. The van der Waals surface area contributed by atoms with Crippen molar-refractivity contribution in [2.75, 3.05) is 0 Å². The van der Waals surface area contributed by atoms with E-state index in [0.29, 0.717) is 17.6 Å². The van der Waals surface area contributed by atoms with Gasteiger partial charge in [-0.1, -0.05) is 152 Å². The lowest BCUT2D eigenvalue weighted by Crippen LogP contribution is -2.07. The molecule has 0 amide bonds. The maximum atomic E-state index is 5.52. The van der Waals surface area contributed by atoms with Gasteiger partial charge in [-0.05, 0) is 54.6 Å². The van der Waals surface area contributed by atoms with Gasteiger partial charge in [-0.25, -0.2) is 4.98 Å². The second kappa shape index (κ2) is 13.6. The normalized spacial score (nSPS) is 12.1. The van der Waals surface area contributed by atoms with Crippen molar-refractivity contribution in [1.82, 2.24) is 28.7 Å². The van der Waals surface area contributed by atoms with Crippen LogP contribution in [0.1, 0.15) is 0 Å². The van der Waals surface area contributed by atoms with E-state index in [4.69, 9.17) is 15.0 Å². The summed E-state index contributed by atoms with van der Waals surface area (Å²) in [7, 11) is 0. The van der Waals surface area contributed by atoms with Gasteiger partial charge in [0, 0.05) is 69.3 Å². The zero-order valence-corrected chi connectivity index (χ0v) is 35.0. The summed E-state index contributed by atoms with van der Waals surface area (Å²) >= 11 is 1.79. The molecule has 0 unspecified atom stereocenters. The molecule has 14 aromatic rings. The van der Waals surface area contributed by atoms with Crippen molar-refractivity contribution in [3.8, 4) is 40.1 Å². The number of aromatic nitrogens is 6. The molecule has 0 aliphatic heterocycles. The van der Waals surface area contributed by atoms with Crippen molar-refractivity contribution in [2.45, 2.75) is 0 Å². The van der Waals surface area contributed by atoms with E-state index in [-0.39, 0.29) is 0 Å². The summed E-state index contributed by atoms with van der Waals surface area (Å²) in [6, 6.07) is 73.6. The minimum atomic E-state index is 0.558. The van der Waals surface area contributed by atoms with Gasteiger partial charge in [0.2, 0.25) is 5.95 Å². The first-order chi connectivity index (χ1) is 31.8. The number of thiophene rings is 1. The topological polar surface area (TPSA) is 53.5 Å². The van der Waals surface area contributed by atoms with Crippen molar-refractivity contribution in [2.24, 2.45) is 0 Å². The third-order valence-electron chi connectivity index (χ3n) is 12.9. The van der Waals surface area contributed by atoms with Crippen LogP contribution in [0.5, 0.6) is 0 Å². The summed E-state index contributed by atoms with van der Waals surface area (Å²) in [6.45, 7) is 0. The highest BCUT2D eigenvalue weighted by molar-refractivity contribution is 7.26. The van der Waals surface area contributed by atoms with Gasteiger partial charge in [-0.3, -0.25) is 4.57 Å². The van der Waals surface area contributed by atoms with Crippen molar-refractivity contribution < 1.29 is 0 Å². The highest BCUT2D eigenvalue weighted by Crippen LogP contribution is 2.47. The number of hydrogen-bond donors (Lipinski definition) is 0. The molecule has 0 fully saturated rings. The van der Waals surface area contributed by atoms with Crippen LogP contribution in [-0.4, -0.2) is 28.7 Å². The maximum absolute atomic E-state index is 5.52. The van der Waals surface area contributed by atoms with Gasteiger partial charge in [0.05, 0.1) is 38.8 Å². The molecule has 0 aliphatic rings. The zero-order valence-electron chi connectivity index (χ0n) is 34.2. The van der Waals surface area contributed by atoms with Crippen molar-refractivity contribution in [3.05, 3.63) is 206 Å². The summed E-state index contributed by atoms with van der Waals surface area (Å²) in [5.74, 6) is 1.81. The van der Waals surface area contributed by atoms with Crippen LogP contribution in [-0.2, 0) is 0 Å². The summed E-state index contributed by atoms with van der Waals surface area (Å²) in [5.41, 5.74) is 10.7. The van der Waals surface area contributed by atoms with Crippen LogP contribution in [0.25, 0.3) is 126 Å². The first kappa shape index (κ1) is 35.2. The van der Waals surface area contributed by atoms with E-state index in [2.05, 4.69) is 202 Å². The van der Waals surface area contributed by atoms with Gasteiger partial charge < -0.3 is 9.13 Å².